The van der Waals surface area contributed by atoms with Gasteiger partial charge in [-0.15, -0.1) is 0 Å². The summed E-state index contributed by atoms with van der Waals surface area (Å²) in [7, 11) is -3.16. The van der Waals surface area contributed by atoms with Gasteiger partial charge in [0.05, 0.1) is 12.8 Å². The summed E-state index contributed by atoms with van der Waals surface area (Å²) in [4.78, 5) is 23.5. The predicted molar refractivity (Wildman–Crippen MR) is 105 cm³/mol. The number of anilines is 1. The lowest BCUT2D eigenvalue weighted by Crippen LogP contribution is -2.38. The molecule has 0 aromatic carbocycles. The predicted octanol–water partition coefficient (Wildman–Crippen LogP) is 2.58. The van der Waals surface area contributed by atoms with E-state index in [4.69, 9.17) is 9.72 Å². The number of carbonyl (C=O) groups is 1. The van der Waals surface area contributed by atoms with Gasteiger partial charge in [0.15, 0.2) is 0 Å². The minimum Gasteiger partial charge on any atom is -0.441 e. The van der Waals surface area contributed by atoms with E-state index in [1.54, 1.807) is 4.90 Å². The molecule has 0 atom stereocenters. The molecule has 8 nitrogen and oxygen atoms in total. The molecule has 1 aromatic rings. The van der Waals surface area contributed by atoms with Crippen molar-refractivity contribution in [3.8, 4) is 0 Å². The number of amides is 1. The Morgan fingerprint density at radius 3 is 2.46 bits per heavy atom. The van der Waals surface area contributed by atoms with Gasteiger partial charge >= 0.3 is 6.09 Å². The van der Waals surface area contributed by atoms with E-state index in [1.807, 2.05) is 13.0 Å². The maximum atomic E-state index is 12.6. The van der Waals surface area contributed by atoms with Crippen LogP contribution < -0.4 is 4.90 Å². The summed E-state index contributed by atoms with van der Waals surface area (Å²) in [6.07, 6.45) is 7.50. The summed E-state index contributed by atoms with van der Waals surface area (Å²) in [5.74, 6) is 1.39. The third kappa shape index (κ3) is 3.87. The molecule has 154 valence electrons. The molecule has 2 saturated heterocycles. The summed E-state index contributed by atoms with van der Waals surface area (Å²) in [5.41, 5.74) is 0.442. The summed E-state index contributed by atoms with van der Waals surface area (Å²) >= 11 is 0. The number of rotatable bonds is 3. The number of aromatic nitrogens is 2. The first-order valence-corrected chi connectivity index (χ1v) is 11.9. The van der Waals surface area contributed by atoms with Gasteiger partial charge in [-0.2, -0.15) is 0 Å². The molecule has 0 N–H and O–H groups in total. The number of hydrogen-bond acceptors (Lipinski definition) is 6. The standard InChI is InChI=1S/C19H28N4O4S/c1-14-12-16(23-13-19(27-18(23)24)8-4-3-5-9-19)21-17(20-14)15-6-10-22(11-7-15)28(2,25)26/h12,15H,3-11,13H2,1-2H3. The fraction of sp³-hybridized carbons (Fsp3) is 0.737. The molecule has 3 aliphatic rings. The second-order valence-electron chi connectivity index (χ2n) is 8.36. The van der Waals surface area contributed by atoms with Crippen molar-refractivity contribution >= 4 is 21.9 Å². The Balaban J connectivity index is 1.53. The molecule has 9 heteroatoms. The molecular weight excluding hydrogens is 380 g/mol. The average Bonchev–Trinajstić information content (AvgIpc) is 2.97. The maximum Gasteiger partial charge on any atom is 0.416 e. The quantitative estimate of drug-likeness (QED) is 0.763. The molecule has 4 rings (SSSR count). The normalized spacial score (nSPS) is 23.9. The number of sulfonamides is 1. The highest BCUT2D eigenvalue weighted by atomic mass is 32.2. The lowest BCUT2D eigenvalue weighted by molar-refractivity contribution is 0.0260. The molecule has 1 aliphatic carbocycles. The van der Waals surface area contributed by atoms with Crippen LogP contribution in [0.1, 0.15) is 62.4 Å². The molecule has 0 radical (unpaired) electrons. The van der Waals surface area contributed by atoms with E-state index < -0.39 is 10.0 Å². The van der Waals surface area contributed by atoms with Gasteiger partial charge in [-0.05, 0) is 45.4 Å². The van der Waals surface area contributed by atoms with Crippen LogP contribution in [-0.4, -0.2) is 60.3 Å². The van der Waals surface area contributed by atoms with Gasteiger partial charge in [0.25, 0.3) is 0 Å². The van der Waals surface area contributed by atoms with Gasteiger partial charge in [-0.1, -0.05) is 6.42 Å². The molecule has 0 unspecified atom stereocenters. The Kier molecular flexibility index (Phi) is 5.07. The SMILES string of the molecule is Cc1cc(N2CC3(CCCCC3)OC2=O)nc(C2CCN(S(C)(=O)=O)CC2)n1. The zero-order chi connectivity index (χ0) is 19.9. The van der Waals surface area contributed by atoms with Crippen LogP contribution in [0.5, 0.6) is 0 Å². The topological polar surface area (TPSA) is 92.7 Å². The van der Waals surface area contributed by atoms with Gasteiger partial charge < -0.3 is 4.74 Å². The van der Waals surface area contributed by atoms with E-state index in [0.717, 1.165) is 31.4 Å². The first kappa shape index (κ1) is 19.6. The molecule has 28 heavy (non-hydrogen) atoms. The van der Waals surface area contributed by atoms with Crippen molar-refractivity contribution in [1.29, 1.82) is 0 Å². The third-order valence-corrected chi connectivity index (χ3v) is 7.46. The first-order chi connectivity index (χ1) is 13.3. The van der Waals surface area contributed by atoms with Gasteiger partial charge in [0.2, 0.25) is 10.0 Å². The highest BCUT2D eigenvalue weighted by Gasteiger charge is 2.46. The molecule has 0 bridgehead atoms. The Labute approximate surface area is 166 Å². The van der Waals surface area contributed by atoms with Crippen molar-refractivity contribution in [3.63, 3.8) is 0 Å². The molecule has 1 amide bonds. The Morgan fingerprint density at radius 1 is 1.14 bits per heavy atom. The van der Waals surface area contributed by atoms with E-state index >= 15 is 0 Å². The first-order valence-electron chi connectivity index (χ1n) is 10.1. The number of nitrogens with zero attached hydrogens (tertiary/aromatic N) is 4. The van der Waals surface area contributed by atoms with E-state index in [-0.39, 0.29) is 17.6 Å². The Morgan fingerprint density at radius 2 is 1.82 bits per heavy atom. The van der Waals surface area contributed by atoms with Crippen LogP contribution in [-0.2, 0) is 14.8 Å². The third-order valence-electron chi connectivity index (χ3n) is 6.16. The number of ether oxygens (including phenoxy) is 1. The van der Waals surface area contributed by atoms with Crippen molar-refractivity contribution in [2.45, 2.75) is 63.4 Å². The minimum atomic E-state index is -3.16. The van der Waals surface area contributed by atoms with Crippen LogP contribution in [0, 0.1) is 6.92 Å². The molecule has 1 aromatic heterocycles. The van der Waals surface area contributed by atoms with Crippen LogP contribution in [0.3, 0.4) is 0 Å². The lowest BCUT2D eigenvalue weighted by atomic mass is 9.85. The van der Waals surface area contributed by atoms with E-state index in [0.29, 0.717) is 44.1 Å². The van der Waals surface area contributed by atoms with Crippen molar-refractivity contribution in [2.75, 3.05) is 30.8 Å². The number of piperidine rings is 1. The molecule has 1 saturated carbocycles. The second-order valence-corrected chi connectivity index (χ2v) is 10.3. The molecular formula is C19H28N4O4S. The second kappa shape index (κ2) is 7.26. The summed E-state index contributed by atoms with van der Waals surface area (Å²) in [5, 5.41) is 0. The monoisotopic (exact) mass is 408 g/mol. The Hall–Kier alpha value is -1.74. The highest BCUT2D eigenvalue weighted by molar-refractivity contribution is 7.88. The van der Waals surface area contributed by atoms with Crippen LogP contribution in [0.25, 0.3) is 0 Å². The van der Waals surface area contributed by atoms with E-state index in [1.165, 1.54) is 17.0 Å². The number of hydrogen-bond donors (Lipinski definition) is 0. The zero-order valence-corrected chi connectivity index (χ0v) is 17.4. The highest BCUT2D eigenvalue weighted by Crippen LogP contribution is 2.39. The number of aryl methyl sites for hydroxylation is 1. The summed E-state index contributed by atoms with van der Waals surface area (Å²) < 4.78 is 30.8. The maximum absolute atomic E-state index is 12.6. The zero-order valence-electron chi connectivity index (χ0n) is 16.6. The van der Waals surface area contributed by atoms with Crippen molar-refractivity contribution in [2.24, 2.45) is 0 Å². The van der Waals surface area contributed by atoms with Crippen molar-refractivity contribution in [3.05, 3.63) is 17.6 Å². The van der Waals surface area contributed by atoms with Gasteiger partial charge in [0, 0.05) is 30.8 Å². The summed E-state index contributed by atoms with van der Waals surface area (Å²) in [6.45, 7) is 3.41. The largest absolute Gasteiger partial charge is 0.441 e. The molecule has 3 heterocycles. The van der Waals surface area contributed by atoms with Crippen LogP contribution in [0.4, 0.5) is 10.6 Å². The summed E-state index contributed by atoms with van der Waals surface area (Å²) in [6, 6.07) is 1.83. The van der Waals surface area contributed by atoms with Gasteiger partial charge in [-0.25, -0.2) is 27.5 Å². The van der Waals surface area contributed by atoms with Crippen LogP contribution in [0.15, 0.2) is 6.07 Å². The fourth-order valence-electron chi connectivity index (χ4n) is 4.60. The average molecular weight is 409 g/mol. The van der Waals surface area contributed by atoms with E-state index in [2.05, 4.69) is 4.98 Å². The Bertz CT molecular complexity index is 859. The molecule has 2 aliphatic heterocycles. The molecule has 3 fully saturated rings. The van der Waals surface area contributed by atoms with Crippen LogP contribution >= 0.6 is 0 Å². The van der Waals surface area contributed by atoms with Crippen molar-refractivity contribution < 1.29 is 17.9 Å². The fourth-order valence-corrected chi connectivity index (χ4v) is 5.47. The van der Waals surface area contributed by atoms with Gasteiger partial charge in [-0.3, -0.25) is 4.90 Å². The number of carbonyl (C=O) groups excluding carboxylic acids is 1. The lowest BCUT2D eigenvalue weighted by Gasteiger charge is -2.31. The smallest absolute Gasteiger partial charge is 0.416 e. The van der Waals surface area contributed by atoms with Crippen LogP contribution in [0.2, 0.25) is 0 Å². The van der Waals surface area contributed by atoms with Gasteiger partial charge in [0.1, 0.15) is 17.2 Å². The minimum absolute atomic E-state index is 0.0962. The van der Waals surface area contributed by atoms with Crippen molar-refractivity contribution in [1.82, 2.24) is 14.3 Å². The van der Waals surface area contributed by atoms with E-state index in [9.17, 15) is 13.2 Å². The molecule has 1 spiro atoms.